The summed E-state index contributed by atoms with van der Waals surface area (Å²) in [6, 6.07) is 27.4. The molecule has 13 heteroatoms. The van der Waals surface area contributed by atoms with Crippen molar-refractivity contribution >= 4 is 42.0 Å². The van der Waals surface area contributed by atoms with Crippen LogP contribution in [0.15, 0.2) is 91.0 Å². The number of benzene rings is 3. The molecular weight excluding hydrogens is 741 g/mol. The summed E-state index contributed by atoms with van der Waals surface area (Å²) in [6.07, 6.45) is 0. The van der Waals surface area contributed by atoms with Gasteiger partial charge in [0.15, 0.2) is 0 Å². The summed E-state index contributed by atoms with van der Waals surface area (Å²) in [5.74, 6) is 0. The van der Waals surface area contributed by atoms with Gasteiger partial charge in [0, 0.05) is 44.8 Å². The van der Waals surface area contributed by atoms with Crippen LogP contribution in [-0.2, 0) is 26.6 Å². The van der Waals surface area contributed by atoms with Crippen LogP contribution in [0, 0.1) is 49.4 Å². The largest absolute Gasteiger partial charge is 2.00 e. The van der Waals surface area contributed by atoms with E-state index in [9.17, 15) is 14.4 Å². The zero-order chi connectivity index (χ0) is 31.3. The van der Waals surface area contributed by atoms with Crippen LogP contribution < -0.4 is 25.2 Å². The molecule has 0 unspecified atom stereocenters. The van der Waals surface area contributed by atoms with Crippen LogP contribution in [0.2, 0.25) is 0 Å². The molecule has 0 spiro atoms. The summed E-state index contributed by atoms with van der Waals surface area (Å²) in [4.78, 5) is 34.6. The van der Waals surface area contributed by atoms with Gasteiger partial charge in [0.25, 0.3) is 17.6 Å². The predicted octanol–water partition coefficient (Wildman–Crippen LogP) is 1.43. The van der Waals surface area contributed by atoms with Crippen molar-refractivity contribution in [3.63, 3.8) is 0 Å². The first-order chi connectivity index (χ1) is 20.2. The first-order valence-electron chi connectivity index (χ1n) is 14.3. The van der Waals surface area contributed by atoms with Crippen molar-refractivity contribution in [2.75, 3.05) is 39.6 Å². The zero-order valence-electron chi connectivity index (χ0n) is 26.0. The van der Waals surface area contributed by atoms with Crippen LogP contribution >= 0.6 is 0 Å². The third-order valence-corrected chi connectivity index (χ3v) is 12.6. The standard InChI is InChI=1S/C10H16O3Si.2C10H15O3Si.Eu/c3*1-3-12-14(11,13-4-2)10-8-6-5-7-9-10;/h5-9,11H,3-4H2,1-2H3;2*5-9H,3-4H2,1-2H3;/q;2*-1;+2. The fourth-order valence-corrected chi connectivity index (χ4v) is 9.08. The molecule has 239 valence electrons. The Hall–Kier alpha value is -0.465. The Kier molecular flexibility index (Phi) is 23.6. The molecule has 3 aromatic carbocycles. The van der Waals surface area contributed by atoms with Gasteiger partial charge in [-0.1, -0.05) is 91.0 Å². The van der Waals surface area contributed by atoms with E-state index in [1.54, 1.807) is 24.3 Å². The number of hydrogen-bond acceptors (Lipinski definition) is 9. The van der Waals surface area contributed by atoms with Crippen molar-refractivity contribution in [1.82, 2.24) is 0 Å². The van der Waals surface area contributed by atoms with E-state index in [0.717, 1.165) is 5.19 Å². The van der Waals surface area contributed by atoms with Gasteiger partial charge in [0.05, 0.1) is 0 Å². The van der Waals surface area contributed by atoms with Gasteiger partial charge in [-0.3, -0.25) is 0 Å². The summed E-state index contributed by atoms with van der Waals surface area (Å²) in [5, 5.41) is 2.04. The zero-order valence-corrected chi connectivity index (χ0v) is 31.4. The molecule has 0 atom stereocenters. The van der Waals surface area contributed by atoms with Gasteiger partial charge < -0.3 is 40.9 Å². The third kappa shape index (κ3) is 15.1. The van der Waals surface area contributed by atoms with Crippen LogP contribution in [0.4, 0.5) is 0 Å². The minimum atomic E-state index is -3.38. The number of hydrogen-bond donors (Lipinski definition) is 1. The summed E-state index contributed by atoms with van der Waals surface area (Å²) in [6.45, 7) is 13.4. The third-order valence-electron chi connectivity index (χ3n) is 5.41. The van der Waals surface area contributed by atoms with Crippen molar-refractivity contribution in [2.24, 2.45) is 0 Å². The Morgan fingerprint density at radius 3 is 0.907 bits per heavy atom. The Morgan fingerprint density at radius 2 is 0.674 bits per heavy atom. The summed E-state index contributed by atoms with van der Waals surface area (Å²) < 4.78 is 31.5. The van der Waals surface area contributed by atoms with Crippen molar-refractivity contribution in [1.29, 1.82) is 0 Å². The van der Waals surface area contributed by atoms with E-state index >= 15 is 0 Å². The van der Waals surface area contributed by atoms with E-state index in [1.165, 1.54) is 0 Å². The topological polar surface area (TPSA) is 122 Å². The van der Waals surface area contributed by atoms with Gasteiger partial charge in [0.1, 0.15) is 0 Å². The van der Waals surface area contributed by atoms with E-state index in [2.05, 4.69) is 0 Å². The molecule has 0 bridgehead atoms. The first-order valence-corrected chi connectivity index (χ1v) is 19.5. The van der Waals surface area contributed by atoms with Gasteiger partial charge in [-0.25, -0.2) is 0 Å². The normalized spacial score (nSPS) is 11.4. The second kappa shape index (κ2) is 23.8. The van der Waals surface area contributed by atoms with Gasteiger partial charge >= 0.3 is 58.2 Å². The second-order valence-electron chi connectivity index (χ2n) is 8.39. The van der Waals surface area contributed by atoms with Crippen molar-refractivity contribution in [2.45, 2.75) is 41.5 Å². The maximum Gasteiger partial charge on any atom is 2.00 e. The minimum Gasteiger partial charge on any atom is -0.813 e. The van der Waals surface area contributed by atoms with Crippen molar-refractivity contribution in [3.05, 3.63) is 91.0 Å². The maximum absolute atomic E-state index is 12.2. The van der Waals surface area contributed by atoms with Crippen LogP contribution in [0.3, 0.4) is 0 Å². The van der Waals surface area contributed by atoms with E-state index in [4.69, 9.17) is 26.6 Å². The van der Waals surface area contributed by atoms with E-state index < -0.39 is 26.4 Å². The first kappa shape index (κ1) is 42.5. The molecule has 0 aliphatic heterocycles. The Balaban J connectivity index is 0.000000608. The van der Waals surface area contributed by atoms with Crippen LogP contribution in [0.25, 0.3) is 0 Å². The van der Waals surface area contributed by atoms with E-state index in [0.29, 0.717) is 50.0 Å². The molecule has 0 saturated heterocycles. The molecular formula is C30H46EuO9Si3. The molecule has 0 amide bonds. The molecule has 0 heterocycles. The molecule has 0 aliphatic carbocycles. The fraction of sp³-hybridized carbons (Fsp3) is 0.400. The molecule has 1 N–H and O–H groups in total. The van der Waals surface area contributed by atoms with Crippen LogP contribution in [0.5, 0.6) is 0 Å². The van der Waals surface area contributed by atoms with Crippen LogP contribution in [0.1, 0.15) is 41.5 Å². The second-order valence-corrected chi connectivity index (χ2v) is 15.2. The summed E-state index contributed by atoms with van der Waals surface area (Å²) >= 11 is 0. The average Bonchev–Trinajstić information content (AvgIpc) is 3.00. The molecule has 0 saturated carbocycles. The van der Waals surface area contributed by atoms with E-state index in [1.807, 2.05) is 108 Å². The van der Waals surface area contributed by atoms with Crippen molar-refractivity contribution < 1.29 is 90.3 Å². The quantitative estimate of drug-likeness (QED) is 0.228. The molecule has 9 nitrogen and oxygen atoms in total. The predicted molar refractivity (Wildman–Crippen MR) is 167 cm³/mol. The molecule has 0 aromatic heterocycles. The Bertz CT molecular complexity index is 916. The van der Waals surface area contributed by atoms with Gasteiger partial charge in [-0.2, -0.15) is 0 Å². The van der Waals surface area contributed by atoms with Gasteiger partial charge in [-0.15, -0.1) is 0 Å². The van der Waals surface area contributed by atoms with Gasteiger partial charge in [-0.05, 0) is 51.9 Å². The maximum atomic E-state index is 12.2. The Morgan fingerprint density at radius 1 is 0.442 bits per heavy atom. The fourth-order valence-electron chi connectivity index (χ4n) is 3.71. The Labute approximate surface area is 301 Å². The minimum absolute atomic E-state index is 0. The molecule has 0 fully saturated rings. The van der Waals surface area contributed by atoms with E-state index in [-0.39, 0.29) is 49.4 Å². The summed E-state index contributed by atoms with van der Waals surface area (Å²) in [7, 11) is -9.88. The molecule has 0 aliphatic rings. The van der Waals surface area contributed by atoms with Crippen molar-refractivity contribution in [3.8, 4) is 0 Å². The smallest absolute Gasteiger partial charge is 0.813 e. The monoisotopic (exact) mass is 787 g/mol. The molecule has 3 aromatic rings. The molecule has 43 heavy (non-hydrogen) atoms. The molecule has 1 radical (unpaired) electrons. The summed E-state index contributed by atoms with van der Waals surface area (Å²) in [5.41, 5.74) is 0. The molecule has 3 rings (SSSR count). The SMILES string of the molecule is CCO[Si](O)(OCC)c1ccccc1.CCO[Si]([O-])(OCC)c1ccccc1.CCO[Si]([O-])(OCC)c1ccccc1.[Eu+2]. The average molecular weight is 787 g/mol. The number of rotatable bonds is 15. The van der Waals surface area contributed by atoms with Gasteiger partial charge in [0.2, 0.25) is 0 Å². The van der Waals surface area contributed by atoms with Crippen LogP contribution in [-0.4, -0.2) is 70.9 Å².